The Labute approximate surface area is 264 Å². The maximum atomic E-state index is 2.44. The molecule has 0 atom stereocenters. The predicted molar refractivity (Wildman–Crippen MR) is 194 cm³/mol. The standard InChI is InChI=1S/C18H22GeSi.2C9H21Si/c1-11-7-13(3)17(14(4)8-11)20(19)18-15(5)9-12(2)10-16(18)6;2*1-8(2,3)10(7)9(4,5)6/h7-10H,1-6H3;2*1-7H3. The van der Waals surface area contributed by atoms with Gasteiger partial charge in [0.05, 0.1) is 17.6 Å². The Morgan fingerprint density at radius 1 is 0.425 bits per heavy atom. The molecular formula is C36H64GeSi3. The third-order valence-corrected chi connectivity index (χ3v) is 23.1. The van der Waals surface area contributed by atoms with Gasteiger partial charge in [-0.15, -0.1) is 0 Å². The normalized spacial score (nSPS) is 12.6. The molecule has 0 spiro atoms. The molecule has 0 unspecified atom stereocenters. The summed E-state index contributed by atoms with van der Waals surface area (Å²) in [6, 6.07) is 9.31. The van der Waals surface area contributed by atoms with Crippen LogP contribution in [0.4, 0.5) is 0 Å². The van der Waals surface area contributed by atoms with Crippen molar-refractivity contribution in [3.8, 4) is 0 Å². The number of rotatable bonds is 2. The van der Waals surface area contributed by atoms with E-state index in [0.717, 1.165) is 0 Å². The fourth-order valence-corrected chi connectivity index (χ4v) is 17.1. The summed E-state index contributed by atoms with van der Waals surface area (Å²) in [6.07, 6.45) is 0. The first kappa shape index (κ1) is 39.6. The van der Waals surface area contributed by atoms with Crippen LogP contribution in [-0.4, -0.2) is 39.8 Å². The second-order valence-corrected chi connectivity index (χ2v) is 29.6. The van der Waals surface area contributed by atoms with Gasteiger partial charge in [-0.1, -0.05) is 96.2 Å². The number of benzene rings is 2. The molecule has 0 aromatic heterocycles. The Kier molecular flexibility index (Phi) is 14.7. The Bertz CT molecular complexity index is 969. The fourth-order valence-electron chi connectivity index (χ4n) is 5.52. The SMILES string of the molecule is C[Si](C(C)(C)C)C(C)(C)C.C[Si](C(C)(C)C)C(C)(C)C.Cc1cc(C)c([Si](=[Ge])c2c(C)cc(C)cc2C)c(C)c1. The number of hydrogen-bond acceptors (Lipinski definition) is 0. The molecular weight excluding hydrogens is 589 g/mol. The summed E-state index contributed by atoms with van der Waals surface area (Å²) in [5, 5.41) is 5.36. The number of hydrogen-bond donors (Lipinski definition) is 0. The molecule has 0 aliphatic carbocycles. The van der Waals surface area contributed by atoms with Gasteiger partial charge in [0.2, 0.25) is 0 Å². The van der Waals surface area contributed by atoms with Crippen LogP contribution in [0.1, 0.15) is 116 Å². The van der Waals surface area contributed by atoms with Crippen LogP contribution in [0, 0.1) is 41.5 Å². The summed E-state index contributed by atoms with van der Waals surface area (Å²) in [7, 11) is -0.441. The van der Waals surface area contributed by atoms with Crippen molar-refractivity contribution in [1.29, 1.82) is 0 Å². The molecule has 4 radical (unpaired) electrons. The molecule has 0 saturated heterocycles. The molecule has 0 nitrogen and oxygen atoms in total. The molecule has 0 aliphatic heterocycles. The first-order chi connectivity index (χ1) is 17.6. The van der Waals surface area contributed by atoms with Crippen LogP contribution >= 0.6 is 0 Å². The number of aryl methyl sites for hydroxylation is 6. The molecule has 224 valence electrons. The molecule has 0 fully saturated rings. The van der Waals surface area contributed by atoms with Crippen molar-refractivity contribution in [3.05, 3.63) is 57.6 Å². The molecule has 2 aromatic carbocycles. The van der Waals surface area contributed by atoms with E-state index in [1.54, 1.807) is 10.4 Å². The van der Waals surface area contributed by atoms with E-state index in [0.29, 0.717) is 20.2 Å². The summed E-state index contributed by atoms with van der Waals surface area (Å²) in [5.74, 6) is 0. The minimum atomic E-state index is -0.698. The molecule has 0 bridgehead atoms. The van der Waals surface area contributed by atoms with Crippen LogP contribution in [0.3, 0.4) is 0 Å². The van der Waals surface area contributed by atoms with Crippen LogP contribution < -0.4 is 10.4 Å². The van der Waals surface area contributed by atoms with Gasteiger partial charge >= 0.3 is 132 Å². The zero-order valence-corrected chi connectivity index (χ0v) is 35.4. The zero-order chi connectivity index (χ0) is 32.2. The van der Waals surface area contributed by atoms with Crippen molar-refractivity contribution >= 4 is 50.2 Å². The van der Waals surface area contributed by atoms with Gasteiger partial charge in [0.25, 0.3) is 0 Å². The third kappa shape index (κ3) is 12.5. The quantitative estimate of drug-likeness (QED) is 0.283. The summed E-state index contributed by atoms with van der Waals surface area (Å²) in [5.41, 5.74) is 8.57. The zero-order valence-electron chi connectivity index (χ0n) is 30.3. The third-order valence-electron chi connectivity index (χ3n) is 8.35. The van der Waals surface area contributed by atoms with Crippen molar-refractivity contribution < 1.29 is 0 Å². The van der Waals surface area contributed by atoms with E-state index in [1.807, 2.05) is 0 Å². The molecule has 0 N–H and O–H groups in total. The molecule has 2 aromatic rings. The van der Waals surface area contributed by atoms with Gasteiger partial charge < -0.3 is 0 Å². The average Bonchev–Trinajstić information content (AvgIpc) is 2.69. The Morgan fingerprint density at radius 3 is 0.725 bits per heavy atom. The van der Waals surface area contributed by atoms with E-state index >= 15 is 0 Å². The van der Waals surface area contributed by atoms with Crippen LogP contribution in [0.5, 0.6) is 0 Å². The topological polar surface area (TPSA) is 0 Å². The summed E-state index contributed by atoms with van der Waals surface area (Å²) in [6.45, 7) is 45.9. The van der Waals surface area contributed by atoms with Crippen molar-refractivity contribution in [2.75, 3.05) is 0 Å². The Hall–Kier alpha value is -0.366. The van der Waals surface area contributed by atoms with E-state index in [2.05, 4.69) is 177 Å². The Morgan fingerprint density at radius 2 is 0.600 bits per heavy atom. The van der Waals surface area contributed by atoms with E-state index in [1.165, 1.54) is 33.4 Å². The first-order valence-corrected chi connectivity index (χ1v) is 23.7. The van der Waals surface area contributed by atoms with Crippen LogP contribution in [-0.2, 0) is 0 Å². The van der Waals surface area contributed by atoms with Gasteiger partial charge in [0.1, 0.15) is 0 Å². The van der Waals surface area contributed by atoms with E-state index in [4.69, 9.17) is 0 Å². The van der Waals surface area contributed by atoms with Gasteiger partial charge in [0.15, 0.2) is 0 Å². The monoisotopic (exact) mass is 654 g/mol. The molecule has 4 heteroatoms. The van der Waals surface area contributed by atoms with E-state index in [-0.39, 0.29) is 17.6 Å². The summed E-state index contributed by atoms with van der Waals surface area (Å²) >= 11 is 2.44. The van der Waals surface area contributed by atoms with Gasteiger partial charge in [-0.05, 0) is 20.2 Å². The second-order valence-electron chi connectivity index (χ2n) is 16.2. The van der Waals surface area contributed by atoms with Gasteiger partial charge in [-0.3, -0.25) is 0 Å². The molecule has 0 amide bonds. The summed E-state index contributed by atoms with van der Waals surface area (Å²) in [4.78, 5) is 0. The van der Waals surface area contributed by atoms with E-state index in [9.17, 15) is 0 Å². The molecule has 2 rings (SSSR count). The van der Waals surface area contributed by atoms with Crippen molar-refractivity contribution in [2.24, 2.45) is 0 Å². The first-order valence-electron chi connectivity index (χ1n) is 15.1. The molecule has 0 aliphatic rings. The van der Waals surface area contributed by atoms with Crippen molar-refractivity contribution in [3.63, 3.8) is 0 Å². The maximum absolute atomic E-state index is 2.44. The van der Waals surface area contributed by atoms with Crippen molar-refractivity contribution in [2.45, 2.75) is 158 Å². The molecule has 0 saturated carbocycles. The van der Waals surface area contributed by atoms with Crippen LogP contribution in [0.25, 0.3) is 0 Å². The average molecular weight is 654 g/mol. The van der Waals surface area contributed by atoms with E-state index < -0.39 is 6.86 Å². The second kappa shape index (κ2) is 14.9. The Balaban J connectivity index is 0.000000643. The summed E-state index contributed by atoms with van der Waals surface area (Å²) < 4.78 is 0. The van der Waals surface area contributed by atoms with Gasteiger partial charge in [-0.25, -0.2) is 0 Å². The molecule has 40 heavy (non-hydrogen) atoms. The van der Waals surface area contributed by atoms with Crippen LogP contribution in [0.2, 0.25) is 33.2 Å². The fraction of sp³-hybridized carbons (Fsp3) is 0.667. The molecule has 0 heterocycles. The van der Waals surface area contributed by atoms with Gasteiger partial charge in [0, 0.05) is 0 Å². The minimum absolute atomic E-state index is 0.221. The van der Waals surface area contributed by atoms with Gasteiger partial charge in [-0.2, -0.15) is 0 Å². The predicted octanol–water partition coefficient (Wildman–Crippen LogP) is 10.2. The van der Waals surface area contributed by atoms with Crippen LogP contribution in [0.15, 0.2) is 24.3 Å². The van der Waals surface area contributed by atoms with Crippen molar-refractivity contribution in [1.82, 2.24) is 0 Å².